The summed E-state index contributed by atoms with van der Waals surface area (Å²) in [6, 6.07) is 0. The maximum absolute atomic E-state index is 8.57. The number of hydrogen-bond donors (Lipinski definition) is 1. The fraction of sp³-hybridized carbons (Fsp3) is 0.857. The van der Waals surface area contributed by atoms with E-state index in [-0.39, 0.29) is 0 Å². The van der Waals surface area contributed by atoms with Crippen molar-refractivity contribution in [3.05, 3.63) is 0 Å². The molecule has 0 spiro atoms. The molecule has 58 valence electrons. The molecule has 0 saturated heterocycles. The van der Waals surface area contributed by atoms with Crippen molar-refractivity contribution in [1.82, 2.24) is 0 Å². The largest absolute Gasteiger partial charge is 0.411 e. The molecule has 2 nitrogen and oxygen atoms in total. The van der Waals surface area contributed by atoms with Crippen LogP contribution < -0.4 is 0 Å². The number of thioether (sulfide) groups is 1. The molecule has 0 aromatic carbocycles. The zero-order valence-corrected chi connectivity index (χ0v) is 7.02. The first-order chi connectivity index (χ1) is 4.88. The Hall–Kier alpha value is -0.180. The quantitative estimate of drug-likeness (QED) is 0.469. The van der Waals surface area contributed by atoms with E-state index in [4.69, 9.17) is 5.21 Å². The highest BCUT2D eigenvalue weighted by atomic mass is 32.2. The minimum Gasteiger partial charge on any atom is -0.411 e. The molecule has 0 aliphatic heterocycles. The molecule has 0 bridgehead atoms. The van der Waals surface area contributed by atoms with Crippen LogP contribution in [0.25, 0.3) is 0 Å². The molecule has 1 saturated carbocycles. The van der Waals surface area contributed by atoms with Gasteiger partial charge >= 0.3 is 0 Å². The van der Waals surface area contributed by atoms with Gasteiger partial charge in [-0.2, -0.15) is 11.8 Å². The molecular formula is C7H13NOS. The molecule has 0 heterocycles. The first-order valence-corrected chi connectivity index (χ1v) is 4.91. The Morgan fingerprint density at radius 2 is 2.40 bits per heavy atom. The van der Waals surface area contributed by atoms with E-state index in [0.29, 0.717) is 5.25 Å². The van der Waals surface area contributed by atoms with E-state index in [9.17, 15) is 0 Å². The third-order valence-electron chi connectivity index (χ3n) is 1.93. The van der Waals surface area contributed by atoms with Gasteiger partial charge in [-0.15, -0.1) is 0 Å². The van der Waals surface area contributed by atoms with Crippen LogP contribution >= 0.6 is 11.8 Å². The minimum absolute atomic E-state index is 0.485. The number of rotatable bonds is 1. The van der Waals surface area contributed by atoms with Crippen molar-refractivity contribution in [1.29, 1.82) is 0 Å². The topological polar surface area (TPSA) is 32.6 Å². The van der Waals surface area contributed by atoms with Crippen LogP contribution in [0.15, 0.2) is 5.16 Å². The molecule has 0 amide bonds. The van der Waals surface area contributed by atoms with Gasteiger partial charge in [-0.1, -0.05) is 11.6 Å². The van der Waals surface area contributed by atoms with Crippen LogP contribution in [0.1, 0.15) is 25.7 Å². The van der Waals surface area contributed by atoms with Gasteiger partial charge in [0.25, 0.3) is 0 Å². The number of oxime groups is 1. The lowest BCUT2D eigenvalue weighted by molar-refractivity contribution is 0.314. The lowest BCUT2D eigenvalue weighted by Crippen LogP contribution is -2.21. The highest BCUT2D eigenvalue weighted by Crippen LogP contribution is 2.24. The predicted octanol–water partition coefficient (Wildman–Crippen LogP) is 2.12. The van der Waals surface area contributed by atoms with Crippen LogP contribution in [0.3, 0.4) is 0 Å². The lowest BCUT2D eigenvalue weighted by Gasteiger charge is -2.20. The zero-order valence-electron chi connectivity index (χ0n) is 6.21. The Labute approximate surface area is 65.7 Å². The zero-order chi connectivity index (χ0) is 7.40. The van der Waals surface area contributed by atoms with Crippen molar-refractivity contribution >= 4 is 17.5 Å². The molecule has 0 aromatic heterocycles. The van der Waals surface area contributed by atoms with E-state index in [2.05, 4.69) is 11.4 Å². The summed E-state index contributed by atoms with van der Waals surface area (Å²) in [5, 5.41) is 12.3. The molecule has 0 aromatic rings. The molecule has 1 aliphatic rings. The molecule has 0 radical (unpaired) electrons. The molecular weight excluding hydrogens is 146 g/mol. The predicted molar refractivity (Wildman–Crippen MR) is 45.0 cm³/mol. The summed E-state index contributed by atoms with van der Waals surface area (Å²) in [6.45, 7) is 0. The van der Waals surface area contributed by atoms with Crippen LogP contribution in [-0.2, 0) is 0 Å². The highest BCUT2D eigenvalue weighted by Gasteiger charge is 2.19. The van der Waals surface area contributed by atoms with E-state index in [0.717, 1.165) is 12.1 Å². The fourth-order valence-corrected chi connectivity index (χ4v) is 2.17. The van der Waals surface area contributed by atoms with Gasteiger partial charge in [-0.3, -0.25) is 0 Å². The van der Waals surface area contributed by atoms with Gasteiger partial charge in [0.05, 0.1) is 5.71 Å². The van der Waals surface area contributed by atoms with E-state index >= 15 is 0 Å². The van der Waals surface area contributed by atoms with Crippen LogP contribution in [-0.4, -0.2) is 22.4 Å². The lowest BCUT2D eigenvalue weighted by atomic mass is 9.98. The van der Waals surface area contributed by atoms with Gasteiger partial charge < -0.3 is 5.21 Å². The molecule has 10 heavy (non-hydrogen) atoms. The van der Waals surface area contributed by atoms with E-state index in [1.807, 2.05) is 0 Å². The average molecular weight is 159 g/mol. The van der Waals surface area contributed by atoms with Gasteiger partial charge in [0.1, 0.15) is 0 Å². The molecule has 1 atom stereocenters. The van der Waals surface area contributed by atoms with E-state index in [1.54, 1.807) is 11.8 Å². The number of nitrogens with zero attached hydrogens (tertiary/aromatic N) is 1. The third-order valence-corrected chi connectivity index (χ3v) is 3.01. The first-order valence-electron chi connectivity index (χ1n) is 3.62. The Morgan fingerprint density at radius 3 is 2.90 bits per heavy atom. The summed E-state index contributed by atoms with van der Waals surface area (Å²) in [5.41, 5.74) is 0.985. The van der Waals surface area contributed by atoms with Crippen molar-refractivity contribution in [2.45, 2.75) is 30.9 Å². The summed E-state index contributed by atoms with van der Waals surface area (Å²) in [6.07, 6.45) is 6.71. The van der Waals surface area contributed by atoms with Gasteiger partial charge in [-0.05, 0) is 25.5 Å². The summed E-state index contributed by atoms with van der Waals surface area (Å²) in [5.74, 6) is 0. The SMILES string of the molecule is CSC1CCCC/C1=N/O. The highest BCUT2D eigenvalue weighted by molar-refractivity contribution is 7.99. The van der Waals surface area contributed by atoms with Gasteiger partial charge in [0, 0.05) is 5.25 Å². The second-order valence-corrected chi connectivity index (χ2v) is 3.60. The second kappa shape index (κ2) is 3.86. The van der Waals surface area contributed by atoms with Crippen molar-refractivity contribution in [2.75, 3.05) is 6.26 Å². The molecule has 1 unspecified atom stereocenters. The standard InChI is InChI=1S/C7H13NOS/c1-10-7-5-3-2-4-6(7)8-9/h7,9H,2-5H2,1H3/b8-6-. The average Bonchev–Trinajstić information content (AvgIpc) is 2.04. The van der Waals surface area contributed by atoms with Crippen molar-refractivity contribution in [3.63, 3.8) is 0 Å². The maximum Gasteiger partial charge on any atom is 0.0700 e. The van der Waals surface area contributed by atoms with Gasteiger partial charge in [0.15, 0.2) is 0 Å². The van der Waals surface area contributed by atoms with E-state index < -0.39 is 0 Å². The molecule has 1 rings (SSSR count). The Bertz CT molecular complexity index is 136. The van der Waals surface area contributed by atoms with Crippen LogP contribution in [0.4, 0.5) is 0 Å². The second-order valence-electron chi connectivity index (χ2n) is 2.56. The van der Waals surface area contributed by atoms with Crippen LogP contribution in [0, 0.1) is 0 Å². The first kappa shape index (κ1) is 7.92. The Balaban J connectivity index is 2.50. The summed E-state index contributed by atoms with van der Waals surface area (Å²) < 4.78 is 0. The molecule has 1 N–H and O–H groups in total. The maximum atomic E-state index is 8.57. The van der Waals surface area contributed by atoms with Crippen molar-refractivity contribution in [3.8, 4) is 0 Å². The molecule has 1 fully saturated rings. The summed E-state index contributed by atoms with van der Waals surface area (Å²) in [4.78, 5) is 0. The van der Waals surface area contributed by atoms with Gasteiger partial charge in [0.2, 0.25) is 0 Å². The Kier molecular flexibility index (Phi) is 3.06. The molecule has 1 aliphatic carbocycles. The van der Waals surface area contributed by atoms with Crippen LogP contribution in [0.5, 0.6) is 0 Å². The van der Waals surface area contributed by atoms with Crippen molar-refractivity contribution in [2.24, 2.45) is 5.16 Å². The van der Waals surface area contributed by atoms with Crippen molar-refractivity contribution < 1.29 is 5.21 Å². The third kappa shape index (κ3) is 1.66. The smallest absolute Gasteiger partial charge is 0.0700 e. The number of hydrogen-bond acceptors (Lipinski definition) is 3. The summed E-state index contributed by atoms with van der Waals surface area (Å²) in [7, 11) is 0. The van der Waals surface area contributed by atoms with Crippen LogP contribution in [0.2, 0.25) is 0 Å². The summed E-state index contributed by atoms with van der Waals surface area (Å²) >= 11 is 1.79. The monoisotopic (exact) mass is 159 g/mol. The normalized spacial score (nSPS) is 30.9. The Morgan fingerprint density at radius 1 is 1.60 bits per heavy atom. The van der Waals surface area contributed by atoms with E-state index in [1.165, 1.54) is 19.3 Å². The molecule has 3 heteroatoms. The fourth-order valence-electron chi connectivity index (χ4n) is 1.33. The van der Waals surface area contributed by atoms with Gasteiger partial charge in [-0.25, -0.2) is 0 Å². The minimum atomic E-state index is 0.485.